The Hall–Kier alpha value is -7.63. The summed E-state index contributed by atoms with van der Waals surface area (Å²) in [5.41, 5.74) is 14.4. The molecule has 11 rings (SSSR count). The SMILES string of the molecule is CC(C)(C)c1ccc2c(c1)c1ccccc1n2-c1ccccc1-c1ccc(-c2nc(-c3ccccc3)nc(-c3ccccc3)n2)cc1-n1c2ccccc2c2cc(C(C)(C)C)ccc21. The largest absolute Gasteiger partial charge is 0.309 e. The third-order valence-electron chi connectivity index (χ3n) is 12.7. The third kappa shape index (κ3) is 6.67. The van der Waals surface area contributed by atoms with E-state index in [1.54, 1.807) is 0 Å². The molecule has 0 bridgehead atoms. The van der Waals surface area contributed by atoms with Gasteiger partial charge in [0.05, 0.1) is 33.4 Å². The second-order valence-electron chi connectivity index (χ2n) is 19.0. The summed E-state index contributed by atoms with van der Waals surface area (Å²) < 4.78 is 4.90. The number of fused-ring (bicyclic) bond motifs is 6. The van der Waals surface area contributed by atoms with Crippen LogP contribution < -0.4 is 0 Å². The zero-order valence-corrected chi connectivity index (χ0v) is 37.1. The predicted molar refractivity (Wildman–Crippen MR) is 268 cm³/mol. The van der Waals surface area contributed by atoms with E-state index in [4.69, 9.17) is 15.0 Å². The number of para-hydroxylation sites is 3. The van der Waals surface area contributed by atoms with Gasteiger partial charge in [-0.05, 0) is 70.5 Å². The van der Waals surface area contributed by atoms with Gasteiger partial charge in [-0.2, -0.15) is 0 Å². The molecule has 0 amide bonds. The summed E-state index contributed by atoms with van der Waals surface area (Å²) in [5, 5.41) is 4.93. The van der Waals surface area contributed by atoms with Crippen molar-refractivity contribution in [3.63, 3.8) is 0 Å². The number of aromatic nitrogens is 5. The highest BCUT2D eigenvalue weighted by Gasteiger charge is 2.24. The molecule has 0 N–H and O–H groups in total. The number of rotatable bonds is 6. The number of hydrogen-bond acceptors (Lipinski definition) is 3. The van der Waals surface area contributed by atoms with Crippen LogP contribution in [0.4, 0.5) is 0 Å². The molecule has 0 radical (unpaired) electrons. The Morgan fingerprint density at radius 3 is 1.23 bits per heavy atom. The van der Waals surface area contributed by atoms with Crippen LogP contribution in [0.5, 0.6) is 0 Å². The number of hydrogen-bond donors (Lipinski definition) is 0. The van der Waals surface area contributed by atoms with Crippen molar-refractivity contribution in [2.24, 2.45) is 0 Å². The van der Waals surface area contributed by atoms with Gasteiger partial charge in [0.2, 0.25) is 0 Å². The Morgan fingerprint density at radius 1 is 0.312 bits per heavy atom. The quantitative estimate of drug-likeness (QED) is 0.168. The van der Waals surface area contributed by atoms with Gasteiger partial charge in [0, 0.05) is 49.4 Å². The maximum atomic E-state index is 5.20. The normalized spacial score (nSPS) is 12.2. The summed E-state index contributed by atoms with van der Waals surface area (Å²) in [6.07, 6.45) is 0. The van der Waals surface area contributed by atoms with E-state index in [2.05, 4.69) is 202 Å². The van der Waals surface area contributed by atoms with Gasteiger partial charge in [-0.25, -0.2) is 15.0 Å². The van der Waals surface area contributed by atoms with Gasteiger partial charge in [-0.1, -0.05) is 181 Å². The number of benzene rings is 8. The van der Waals surface area contributed by atoms with Crippen molar-refractivity contribution in [3.05, 3.63) is 199 Å². The second kappa shape index (κ2) is 15.0. The highest BCUT2D eigenvalue weighted by molar-refractivity contribution is 6.12. The Labute approximate surface area is 374 Å². The van der Waals surface area contributed by atoms with Gasteiger partial charge in [0.15, 0.2) is 17.5 Å². The molecule has 3 heterocycles. The van der Waals surface area contributed by atoms with Crippen LogP contribution in [-0.4, -0.2) is 24.1 Å². The van der Waals surface area contributed by atoms with Crippen molar-refractivity contribution in [2.45, 2.75) is 52.4 Å². The van der Waals surface area contributed by atoms with Crippen LogP contribution in [0.2, 0.25) is 0 Å². The van der Waals surface area contributed by atoms with Crippen LogP contribution in [0.1, 0.15) is 52.7 Å². The molecular formula is C59H49N5. The Kier molecular flexibility index (Phi) is 9.21. The van der Waals surface area contributed by atoms with E-state index < -0.39 is 0 Å². The molecule has 0 saturated heterocycles. The molecule has 5 heteroatoms. The van der Waals surface area contributed by atoms with Gasteiger partial charge in [-0.3, -0.25) is 0 Å². The van der Waals surface area contributed by atoms with Crippen molar-refractivity contribution in [3.8, 4) is 56.7 Å². The van der Waals surface area contributed by atoms with Gasteiger partial charge < -0.3 is 9.13 Å². The fourth-order valence-electron chi connectivity index (χ4n) is 9.32. The zero-order chi connectivity index (χ0) is 43.7. The molecule has 0 fully saturated rings. The first-order chi connectivity index (χ1) is 31.0. The molecule has 310 valence electrons. The molecule has 0 atom stereocenters. The average molecular weight is 828 g/mol. The van der Waals surface area contributed by atoms with Crippen LogP contribution in [0.15, 0.2) is 188 Å². The zero-order valence-electron chi connectivity index (χ0n) is 37.1. The molecule has 0 saturated carbocycles. The molecule has 0 aliphatic carbocycles. The molecule has 0 spiro atoms. The minimum Gasteiger partial charge on any atom is -0.309 e. The summed E-state index contributed by atoms with van der Waals surface area (Å²) >= 11 is 0. The lowest BCUT2D eigenvalue weighted by atomic mass is 9.86. The van der Waals surface area contributed by atoms with Crippen molar-refractivity contribution < 1.29 is 0 Å². The lowest BCUT2D eigenvalue weighted by Gasteiger charge is -2.21. The summed E-state index contributed by atoms with van der Waals surface area (Å²) in [6, 6.07) is 67.6. The third-order valence-corrected chi connectivity index (χ3v) is 12.7. The maximum absolute atomic E-state index is 5.20. The predicted octanol–water partition coefficient (Wildman–Crippen LogP) is 15.3. The Balaban J connectivity index is 1.21. The molecule has 0 aliphatic rings. The molecule has 5 nitrogen and oxygen atoms in total. The van der Waals surface area contributed by atoms with Crippen LogP contribution in [-0.2, 0) is 10.8 Å². The van der Waals surface area contributed by atoms with Gasteiger partial charge in [-0.15, -0.1) is 0 Å². The van der Waals surface area contributed by atoms with E-state index in [1.165, 1.54) is 43.7 Å². The van der Waals surface area contributed by atoms with E-state index >= 15 is 0 Å². The summed E-state index contributed by atoms with van der Waals surface area (Å²) in [7, 11) is 0. The van der Waals surface area contributed by atoms with Crippen LogP contribution in [0.3, 0.4) is 0 Å². The first-order valence-electron chi connectivity index (χ1n) is 22.2. The van der Waals surface area contributed by atoms with Gasteiger partial charge in [0.25, 0.3) is 0 Å². The van der Waals surface area contributed by atoms with E-state index in [-0.39, 0.29) is 10.8 Å². The topological polar surface area (TPSA) is 48.5 Å². The lowest BCUT2D eigenvalue weighted by molar-refractivity contribution is 0.591. The minimum atomic E-state index is -0.0109. The summed E-state index contributed by atoms with van der Waals surface area (Å²) in [4.78, 5) is 15.4. The fourth-order valence-corrected chi connectivity index (χ4v) is 9.32. The first-order valence-corrected chi connectivity index (χ1v) is 22.2. The molecule has 3 aromatic heterocycles. The molecule has 0 aliphatic heterocycles. The summed E-state index contributed by atoms with van der Waals surface area (Å²) in [5.74, 6) is 1.88. The number of nitrogens with zero attached hydrogens (tertiary/aromatic N) is 5. The second-order valence-corrected chi connectivity index (χ2v) is 19.0. The molecule has 64 heavy (non-hydrogen) atoms. The first kappa shape index (κ1) is 39.2. The van der Waals surface area contributed by atoms with Crippen LogP contribution in [0, 0.1) is 0 Å². The van der Waals surface area contributed by atoms with E-state index in [0.717, 1.165) is 50.2 Å². The standard InChI is InChI=1S/C59H49N5/c1-58(2,3)41-30-33-52-47(36-41)44-24-14-17-27-50(44)63(52)49-26-16-13-23-43(49)46-32-29-40(57-61-55(38-19-9-7-10-20-38)60-56(62-57)39-21-11-8-12-22-39)35-54(46)64-51-28-18-15-25-45(51)48-37-42(59(4,5)6)31-34-53(48)64/h7-37H,1-6H3. The highest BCUT2D eigenvalue weighted by atomic mass is 15.0. The molecule has 8 aromatic carbocycles. The average Bonchev–Trinajstić information content (AvgIpc) is 3.83. The minimum absolute atomic E-state index is 0.0109. The van der Waals surface area contributed by atoms with Crippen molar-refractivity contribution in [1.29, 1.82) is 0 Å². The van der Waals surface area contributed by atoms with E-state index in [9.17, 15) is 0 Å². The molecule has 11 aromatic rings. The van der Waals surface area contributed by atoms with Gasteiger partial charge in [0.1, 0.15) is 0 Å². The molecule has 0 unspecified atom stereocenters. The van der Waals surface area contributed by atoms with Gasteiger partial charge >= 0.3 is 0 Å². The van der Waals surface area contributed by atoms with Crippen molar-refractivity contribution >= 4 is 43.6 Å². The van der Waals surface area contributed by atoms with E-state index in [1.807, 2.05) is 36.4 Å². The van der Waals surface area contributed by atoms with E-state index in [0.29, 0.717) is 17.5 Å². The summed E-state index contributed by atoms with van der Waals surface area (Å²) in [6.45, 7) is 13.7. The Morgan fingerprint density at radius 2 is 0.719 bits per heavy atom. The fraction of sp³-hybridized carbons (Fsp3) is 0.136. The van der Waals surface area contributed by atoms with Crippen LogP contribution >= 0.6 is 0 Å². The van der Waals surface area contributed by atoms with Crippen molar-refractivity contribution in [2.75, 3.05) is 0 Å². The smallest absolute Gasteiger partial charge is 0.164 e. The van der Waals surface area contributed by atoms with Crippen LogP contribution in [0.25, 0.3) is 100 Å². The molecular weight excluding hydrogens is 779 g/mol. The lowest BCUT2D eigenvalue weighted by Crippen LogP contribution is -2.10. The highest BCUT2D eigenvalue weighted by Crippen LogP contribution is 2.43. The monoisotopic (exact) mass is 827 g/mol. The van der Waals surface area contributed by atoms with Crippen molar-refractivity contribution in [1.82, 2.24) is 24.1 Å². The maximum Gasteiger partial charge on any atom is 0.164 e. The Bertz CT molecular complexity index is 3510.